The fraction of sp³-hybridized carbons (Fsp3) is 0.556. The molecule has 1 aromatic rings. The van der Waals surface area contributed by atoms with Gasteiger partial charge in [0.05, 0.1) is 0 Å². The molecule has 1 amide bonds. The summed E-state index contributed by atoms with van der Waals surface area (Å²) >= 11 is 0. The third-order valence-corrected chi connectivity index (χ3v) is 3.69. The number of nitrogens with one attached hydrogen (secondary N) is 3. The quantitative estimate of drug-likeness (QED) is 0.343. The number of aliphatic imine (C=N–C) groups is 1. The predicted molar refractivity (Wildman–Crippen MR) is 112 cm³/mol. The highest BCUT2D eigenvalue weighted by atomic mass is 127. The Bertz CT molecular complexity index is 514. The van der Waals surface area contributed by atoms with Crippen LogP contribution in [0.3, 0.4) is 0 Å². The van der Waals surface area contributed by atoms with Gasteiger partial charge in [0.2, 0.25) is 0 Å². The van der Waals surface area contributed by atoms with Gasteiger partial charge in [0.15, 0.2) is 5.96 Å². The summed E-state index contributed by atoms with van der Waals surface area (Å²) in [5.41, 5.74) is 1.77. The fourth-order valence-corrected chi connectivity index (χ4v) is 2.19. The Balaban J connectivity index is 0.00000529. The smallest absolute Gasteiger partial charge is 0.251 e. The molecule has 0 saturated carbocycles. The summed E-state index contributed by atoms with van der Waals surface area (Å²) in [4.78, 5) is 15.8. The summed E-state index contributed by atoms with van der Waals surface area (Å²) < 4.78 is 0. The first kappa shape index (κ1) is 22.7. The van der Waals surface area contributed by atoms with E-state index in [2.05, 4.69) is 41.7 Å². The van der Waals surface area contributed by atoms with Crippen molar-refractivity contribution >= 4 is 35.8 Å². The molecule has 0 fully saturated rings. The number of benzene rings is 1. The molecule has 0 spiro atoms. The molecule has 136 valence electrons. The summed E-state index contributed by atoms with van der Waals surface area (Å²) in [7, 11) is 3.41. The van der Waals surface area contributed by atoms with E-state index < -0.39 is 0 Å². The van der Waals surface area contributed by atoms with Gasteiger partial charge in [-0.05, 0) is 43.4 Å². The first-order chi connectivity index (χ1) is 11.0. The number of carbonyl (C=O) groups excluding carboxylic acids is 1. The standard InChI is InChI=1S/C18H30N4O.HI/c1-13(2)6-7-14(3)22-18(20-5)21-12-15-8-10-16(11-9-15)17(23)19-4;/h8-11,13-14H,6-7,12H2,1-5H3,(H,19,23)(H2,20,21,22);1H. The third kappa shape index (κ3) is 8.52. The van der Waals surface area contributed by atoms with Crippen LogP contribution in [-0.2, 0) is 6.54 Å². The van der Waals surface area contributed by atoms with Crippen molar-refractivity contribution in [2.45, 2.75) is 46.2 Å². The summed E-state index contributed by atoms with van der Waals surface area (Å²) in [5.74, 6) is 1.45. The molecule has 0 radical (unpaired) electrons. The van der Waals surface area contributed by atoms with E-state index in [1.165, 1.54) is 6.42 Å². The largest absolute Gasteiger partial charge is 0.355 e. The Kier molecular flexibility index (Phi) is 11.4. The van der Waals surface area contributed by atoms with E-state index >= 15 is 0 Å². The maximum atomic E-state index is 11.5. The fourth-order valence-electron chi connectivity index (χ4n) is 2.19. The number of hydrogen-bond donors (Lipinski definition) is 3. The molecule has 3 N–H and O–H groups in total. The molecular weight excluding hydrogens is 415 g/mol. The van der Waals surface area contributed by atoms with E-state index in [0.29, 0.717) is 24.1 Å². The summed E-state index contributed by atoms with van der Waals surface area (Å²) in [6, 6.07) is 7.95. The van der Waals surface area contributed by atoms with Crippen molar-refractivity contribution < 1.29 is 4.79 Å². The van der Waals surface area contributed by atoms with E-state index in [1.807, 2.05) is 24.3 Å². The Labute approximate surface area is 163 Å². The Morgan fingerprint density at radius 3 is 2.25 bits per heavy atom. The maximum Gasteiger partial charge on any atom is 0.251 e. The van der Waals surface area contributed by atoms with Crippen LogP contribution in [-0.4, -0.2) is 32.0 Å². The second-order valence-electron chi connectivity index (χ2n) is 6.22. The average Bonchev–Trinajstić information content (AvgIpc) is 2.56. The average molecular weight is 446 g/mol. The predicted octanol–water partition coefficient (Wildman–Crippen LogP) is 3.15. The lowest BCUT2D eigenvalue weighted by atomic mass is 10.0. The molecule has 6 heteroatoms. The van der Waals surface area contributed by atoms with Crippen molar-refractivity contribution in [3.8, 4) is 0 Å². The molecule has 0 aliphatic heterocycles. The molecule has 5 nitrogen and oxygen atoms in total. The van der Waals surface area contributed by atoms with Crippen LogP contribution in [0, 0.1) is 5.92 Å². The van der Waals surface area contributed by atoms with Gasteiger partial charge in [-0.1, -0.05) is 26.0 Å². The van der Waals surface area contributed by atoms with Crippen molar-refractivity contribution in [2.75, 3.05) is 14.1 Å². The van der Waals surface area contributed by atoms with Crippen LogP contribution in [0.5, 0.6) is 0 Å². The van der Waals surface area contributed by atoms with Crippen LogP contribution in [0.2, 0.25) is 0 Å². The SMILES string of the molecule is CN=C(NCc1ccc(C(=O)NC)cc1)NC(C)CCC(C)C.I. The van der Waals surface area contributed by atoms with Crippen LogP contribution in [0.1, 0.15) is 49.5 Å². The van der Waals surface area contributed by atoms with Gasteiger partial charge in [0, 0.05) is 32.2 Å². The highest BCUT2D eigenvalue weighted by Gasteiger charge is 2.07. The van der Waals surface area contributed by atoms with Crippen LogP contribution < -0.4 is 16.0 Å². The number of nitrogens with zero attached hydrogens (tertiary/aromatic N) is 1. The number of amides is 1. The molecule has 1 atom stereocenters. The lowest BCUT2D eigenvalue weighted by Crippen LogP contribution is -2.41. The second kappa shape index (κ2) is 12.1. The molecule has 1 aromatic carbocycles. The highest BCUT2D eigenvalue weighted by molar-refractivity contribution is 14.0. The monoisotopic (exact) mass is 446 g/mol. The zero-order valence-corrected chi connectivity index (χ0v) is 17.7. The lowest BCUT2D eigenvalue weighted by molar-refractivity contribution is 0.0963. The summed E-state index contributed by atoms with van der Waals surface area (Å²) in [5, 5.41) is 9.33. The van der Waals surface area contributed by atoms with Gasteiger partial charge in [-0.2, -0.15) is 0 Å². The topological polar surface area (TPSA) is 65.5 Å². The first-order valence-electron chi connectivity index (χ1n) is 8.24. The van der Waals surface area contributed by atoms with E-state index in [4.69, 9.17) is 0 Å². The number of hydrogen-bond acceptors (Lipinski definition) is 2. The third-order valence-electron chi connectivity index (χ3n) is 3.69. The normalized spacial score (nSPS) is 12.3. The van der Waals surface area contributed by atoms with Gasteiger partial charge in [-0.15, -0.1) is 24.0 Å². The summed E-state index contributed by atoms with van der Waals surface area (Å²) in [6.45, 7) is 7.32. The van der Waals surface area contributed by atoms with Crippen LogP contribution >= 0.6 is 24.0 Å². The molecule has 0 heterocycles. The zero-order chi connectivity index (χ0) is 17.2. The number of carbonyl (C=O) groups is 1. The Morgan fingerprint density at radius 1 is 1.12 bits per heavy atom. The molecule has 1 unspecified atom stereocenters. The van der Waals surface area contributed by atoms with E-state index in [0.717, 1.165) is 17.9 Å². The summed E-state index contributed by atoms with van der Waals surface area (Å²) in [6.07, 6.45) is 2.32. The van der Waals surface area contributed by atoms with Crippen molar-refractivity contribution in [3.05, 3.63) is 35.4 Å². The van der Waals surface area contributed by atoms with Crippen molar-refractivity contribution in [1.29, 1.82) is 0 Å². The molecule has 0 aromatic heterocycles. The molecule has 0 saturated heterocycles. The van der Waals surface area contributed by atoms with Crippen LogP contribution in [0.25, 0.3) is 0 Å². The molecule has 24 heavy (non-hydrogen) atoms. The minimum atomic E-state index is -0.0686. The molecule has 0 aliphatic carbocycles. The lowest BCUT2D eigenvalue weighted by Gasteiger charge is -2.18. The van der Waals surface area contributed by atoms with Gasteiger partial charge in [0.1, 0.15) is 0 Å². The molecule has 0 aliphatic rings. The molecule has 1 rings (SSSR count). The minimum Gasteiger partial charge on any atom is -0.355 e. The van der Waals surface area contributed by atoms with Crippen molar-refractivity contribution in [3.63, 3.8) is 0 Å². The number of guanidine groups is 1. The van der Waals surface area contributed by atoms with E-state index in [-0.39, 0.29) is 29.9 Å². The Hall–Kier alpha value is -1.31. The van der Waals surface area contributed by atoms with Crippen molar-refractivity contribution in [2.24, 2.45) is 10.9 Å². The van der Waals surface area contributed by atoms with E-state index in [1.54, 1.807) is 14.1 Å². The van der Waals surface area contributed by atoms with Gasteiger partial charge in [-0.3, -0.25) is 9.79 Å². The van der Waals surface area contributed by atoms with Crippen LogP contribution in [0.15, 0.2) is 29.3 Å². The minimum absolute atomic E-state index is 0. The first-order valence-corrected chi connectivity index (χ1v) is 8.24. The number of halogens is 1. The van der Waals surface area contributed by atoms with Crippen molar-refractivity contribution in [1.82, 2.24) is 16.0 Å². The van der Waals surface area contributed by atoms with E-state index in [9.17, 15) is 4.79 Å². The highest BCUT2D eigenvalue weighted by Crippen LogP contribution is 2.07. The van der Waals surface area contributed by atoms with Gasteiger partial charge >= 0.3 is 0 Å². The Morgan fingerprint density at radius 2 is 1.75 bits per heavy atom. The van der Waals surface area contributed by atoms with Gasteiger partial charge in [0.25, 0.3) is 5.91 Å². The van der Waals surface area contributed by atoms with Crippen LogP contribution in [0.4, 0.5) is 0 Å². The number of rotatable bonds is 7. The van der Waals surface area contributed by atoms with Gasteiger partial charge in [-0.25, -0.2) is 0 Å². The zero-order valence-electron chi connectivity index (χ0n) is 15.3. The molecular formula is C18H31IN4O. The maximum absolute atomic E-state index is 11.5. The second-order valence-corrected chi connectivity index (χ2v) is 6.22. The van der Waals surface area contributed by atoms with Gasteiger partial charge < -0.3 is 16.0 Å². The molecule has 0 bridgehead atoms.